The summed E-state index contributed by atoms with van der Waals surface area (Å²) in [4.78, 5) is 11.9. The summed E-state index contributed by atoms with van der Waals surface area (Å²) in [5.74, 6) is 0.219. The van der Waals surface area contributed by atoms with Gasteiger partial charge in [-0.25, -0.2) is 4.79 Å². The summed E-state index contributed by atoms with van der Waals surface area (Å²) in [6.07, 6.45) is -0.790. The summed E-state index contributed by atoms with van der Waals surface area (Å²) in [5, 5.41) is 0. The van der Waals surface area contributed by atoms with Crippen molar-refractivity contribution in [3.8, 4) is 5.75 Å². The summed E-state index contributed by atoms with van der Waals surface area (Å²) in [6, 6.07) is 7.57. The van der Waals surface area contributed by atoms with E-state index in [9.17, 15) is 4.79 Å². The van der Waals surface area contributed by atoms with Gasteiger partial charge in [-0.05, 0) is 26.0 Å². The van der Waals surface area contributed by atoms with Gasteiger partial charge in [0, 0.05) is 0 Å². The molecule has 1 aromatic rings. The minimum absolute atomic E-state index is 0.0779. The Morgan fingerprint density at radius 2 is 1.90 bits per heavy atom. The first-order valence-corrected chi connectivity index (χ1v) is 8.24. The van der Waals surface area contributed by atoms with Gasteiger partial charge in [0.05, 0.1) is 0 Å². The molecule has 4 nitrogen and oxygen atoms in total. The fourth-order valence-electron chi connectivity index (χ4n) is 1.61. The van der Waals surface area contributed by atoms with Crippen LogP contribution < -0.4 is 4.74 Å². The number of rotatable bonds is 3. The zero-order chi connectivity index (χ0) is 15.0. The van der Waals surface area contributed by atoms with Crippen molar-refractivity contribution in [1.29, 1.82) is 0 Å². The van der Waals surface area contributed by atoms with Crippen molar-refractivity contribution in [3.05, 3.63) is 29.8 Å². The summed E-state index contributed by atoms with van der Waals surface area (Å²) < 4.78 is 15.6. The molecule has 0 saturated carbocycles. The number of benzene rings is 1. The van der Waals surface area contributed by atoms with Crippen LogP contribution in [0.4, 0.5) is 0 Å². The molecule has 0 aromatic heterocycles. The van der Waals surface area contributed by atoms with E-state index in [0.717, 1.165) is 5.56 Å². The topological polar surface area (TPSA) is 44.8 Å². The van der Waals surface area contributed by atoms with Crippen LogP contribution in [0.1, 0.15) is 12.5 Å². The average molecular weight is 473 g/mol. The Morgan fingerprint density at radius 1 is 1.30 bits per heavy atom. The molecule has 1 aromatic carbocycles. The van der Waals surface area contributed by atoms with Crippen molar-refractivity contribution in [2.24, 2.45) is 0 Å². The number of carbonyl (C=O) groups is 1. The number of esters is 1. The Kier molecular flexibility index (Phi) is 4.83. The van der Waals surface area contributed by atoms with Gasteiger partial charge in [-0.2, -0.15) is 0 Å². The molecule has 1 fully saturated rings. The van der Waals surface area contributed by atoms with Crippen molar-refractivity contribution in [2.45, 2.75) is 27.9 Å². The molecule has 1 aliphatic rings. The minimum atomic E-state index is -1.14. The Bertz CT molecular complexity index is 497. The number of hydrogen-bond donors (Lipinski definition) is 0. The summed E-state index contributed by atoms with van der Waals surface area (Å²) >= 11 is 9.84. The molecule has 0 bridgehead atoms. The smallest absolute Gasteiger partial charge is 0.344 e. The summed E-state index contributed by atoms with van der Waals surface area (Å²) in [7, 11) is 0. The largest absolute Gasteiger partial charge is 0.490 e. The molecule has 0 amide bonds. The zero-order valence-electron chi connectivity index (χ0n) is 10.9. The molecule has 7 heteroatoms. The molecule has 0 spiro atoms. The molecule has 0 N–H and O–H groups in total. The molecule has 1 aliphatic heterocycles. The number of ether oxygens (including phenoxy) is 3. The predicted octanol–water partition coefficient (Wildman–Crippen LogP) is 3.87. The second-order valence-corrected chi connectivity index (χ2v) is 11.7. The lowest BCUT2D eigenvalue weighted by Gasteiger charge is -2.22. The zero-order valence-corrected chi connectivity index (χ0v) is 15.6. The second-order valence-electron chi connectivity index (χ2n) is 4.73. The maximum Gasteiger partial charge on any atom is 0.344 e. The normalized spacial score (nSPS) is 26.4. The van der Waals surface area contributed by atoms with E-state index in [2.05, 4.69) is 47.8 Å². The van der Waals surface area contributed by atoms with Crippen molar-refractivity contribution >= 4 is 53.8 Å². The molecule has 1 heterocycles. The molecule has 110 valence electrons. The van der Waals surface area contributed by atoms with Gasteiger partial charge in [-0.3, -0.25) is 0 Å². The van der Waals surface area contributed by atoms with Gasteiger partial charge in [0.25, 0.3) is 0 Å². The highest BCUT2D eigenvalue weighted by molar-refractivity contribution is 9.39. The van der Waals surface area contributed by atoms with Crippen LogP contribution in [0.15, 0.2) is 24.3 Å². The molecule has 2 unspecified atom stereocenters. The van der Waals surface area contributed by atoms with Gasteiger partial charge in [0.2, 0.25) is 6.29 Å². The lowest BCUT2D eigenvalue weighted by Crippen LogP contribution is -2.40. The number of hydrogen-bond acceptors (Lipinski definition) is 4. The third-order valence-electron chi connectivity index (χ3n) is 2.82. The van der Waals surface area contributed by atoms with Crippen molar-refractivity contribution in [1.82, 2.24) is 0 Å². The number of alkyl halides is 3. The third kappa shape index (κ3) is 3.75. The van der Waals surface area contributed by atoms with Crippen LogP contribution in [0.2, 0.25) is 0 Å². The first kappa shape index (κ1) is 16.3. The number of carbonyl (C=O) groups excluding carboxylic acids is 1. The SMILES string of the molecule is Cc1ccc(OCC2(C)OC(C(Br)(Br)Br)OC2=O)cc1. The maximum atomic E-state index is 11.9. The van der Waals surface area contributed by atoms with E-state index in [4.69, 9.17) is 14.2 Å². The van der Waals surface area contributed by atoms with Crippen LogP contribution in [-0.4, -0.2) is 26.6 Å². The van der Waals surface area contributed by atoms with Crippen LogP contribution in [-0.2, 0) is 14.3 Å². The summed E-state index contributed by atoms with van der Waals surface area (Å²) in [5.41, 5.74) is -0.00126. The Hall–Kier alpha value is -0.110. The molecule has 2 rings (SSSR count). The van der Waals surface area contributed by atoms with E-state index in [1.54, 1.807) is 6.92 Å². The first-order valence-electron chi connectivity index (χ1n) is 5.86. The van der Waals surface area contributed by atoms with Gasteiger partial charge >= 0.3 is 5.97 Å². The fraction of sp³-hybridized carbons (Fsp3) is 0.462. The van der Waals surface area contributed by atoms with Gasteiger partial charge in [-0.1, -0.05) is 65.5 Å². The number of halogens is 3. The van der Waals surface area contributed by atoms with E-state index in [0.29, 0.717) is 5.75 Å². The van der Waals surface area contributed by atoms with Crippen LogP contribution in [0.3, 0.4) is 0 Å². The Balaban J connectivity index is 2.01. The highest BCUT2D eigenvalue weighted by atomic mass is 80.0. The van der Waals surface area contributed by atoms with Gasteiger partial charge < -0.3 is 14.2 Å². The van der Waals surface area contributed by atoms with E-state index in [-0.39, 0.29) is 6.61 Å². The van der Waals surface area contributed by atoms with Crippen LogP contribution in [0.5, 0.6) is 5.75 Å². The molecular weight excluding hydrogens is 460 g/mol. The average Bonchev–Trinajstić information content (AvgIpc) is 2.66. The number of aryl methyl sites for hydroxylation is 1. The fourth-order valence-corrected chi connectivity index (χ4v) is 2.17. The van der Waals surface area contributed by atoms with E-state index >= 15 is 0 Å². The van der Waals surface area contributed by atoms with Crippen molar-refractivity contribution < 1.29 is 19.0 Å². The highest BCUT2D eigenvalue weighted by Gasteiger charge is 2.53. The first-order chi connectivity index (χ1) is 9.21. The maximum absolute atomic E-state index is 11.9. The van der Waals surface area contributed by atoms with E-state index in [1.165, 1.54) is 0 Å². The van der Waals surface area contributed by atoms with Crippen LogP contribution in [0.25, 0.3) is 0 Å². The van der Waals surface area contributed by atoms with Gasteiger partial charge in [-0.15, -0.1) is 0 Å². The van der Waals surface area contributed by atoms with Crippen LogP contribution in [0, 0.1) is 6.92 Å². The molecule has 20 heavy (non-hydrogen) atoms. The molecule has 1 saturated heterocycles. The Morgan fingerprint density at radius 3 is 2.40 bits per heavy atom. The standard InChI is InChI=1S/C13H13Br3O4/c1-8-3-5-9(6-4-8)18-7-12(2)10(17)19-11(20-12)13(14,15)16/h3-6,11H,7H2,1-2H3. The molecular formula is C13H13Br3O4. The number of cyclic esters (lactones) is 1. The van der Waals surface area contributed by atoms with Crippen molar-refractivity contribution in [2.75, 3.05) is 6.61 Å². The lowest BCUT2D eigenvalue weighted by molar-refractivity contribution is -0.145. The van der Waals surface area contributed by atoms with Crippen molar-refractivity contribution in [3.63, 3.8) is 0 Å². The third-order valence-corrected chi connectivity index (χ3v) is 3.94. The molecule has 2 atom stereocenters. The monoisotopic (exact) mass is 470 g/mol. The van der Waals surface area contributed by atoms with Crippen LogP contribution >= 0.6 is 47.8 Å². The highest BCUT2D eigenvalue weighted by Crippen LogP contribution is 2.44. The Labute approximate surface area is 142 Å². The quantitative estimate of drug-likeness (QED) is 0.495. The van der Waals surface area contributed by atoms with E-state index < -0.39 is 20.0 Å². The van der Waals surface area contributed by atoms with Gasteiger partial charge in [0.15, 0.2) is 7.74 Å². The van der Waals surface area contributed by atoms with Gasteiger partial charge in [0.1, 0.15) is 12.4 Å². The molecule has 0 aliphatic carbocycles. The minimum Gasteiger partial charge on any atom is -0.490 e. The lowest BCUT2D eigenvalue weighted by atomic mass is 10.1. The molecule has 0 radical (unpaired) electrons. The predicted molar refractivity (Wildman–Crippen MR) is 85.6 cm³/mol. The summed E-state index contributed by atoms with van der Waals surface area (Å²) in [6.45, 7) is 3.71. The van der Waals surface area contributed by atoms with E-state index in [1.807, 2.05) is 31.2 Å². The second kappa shape index (κ2) is 5.94.